The van der Waals surface area contributed by atoms with Gasteiger partial charge in [0, 0.05) is 6.54 Å². The van der Waals surface area contributed by atoms with Crippen LogP contribution in [0.15, 0.2) is 95.9 Å². The number of nitrogens with zero attached hydrogens (tertiary/aromatic N) is 2. The van der Waals surface area contributed by atoms with E-state index in [-0.39, 0.29) is 17.9 Å². The lowest BCUT2D eigenvalue weighted by Gasteiger charge is -2.27. The molecule has 7 heteroatoms. The Labute approximate surface area is 210 Å². The van der Waals surface area contributed by atoms with Gasteiger partial charge in [0.25, 0.3) is 5.91 Å². The molecular formula is C29H26N2O4S. The van der Waals surface area contributed by atoms with E-state index in [0.29, 0.717) is 5.69 Å². The molecule has 0 aliphatic carbocycles. The van der Waals surface area contributed by atoms with Crippen LogP contribution in [0, 0.1) is 13.8 Å². The Morgan fingerprint density at radius 3 is 2.08 bits per heavy atom. The monoisotopic (exact) mass is 498 g/mol. The number of sulfonamides is 1. The molecule has 6 nitrogen and oxygen atoms in total. The van der Waals surface area contributed by atoms with E-state index in [2.05, 4.69) is 0 Å². The fourth-order valence-corrected chi connectivity index (χ4v) is 6.11. The highest BCUT2D eigenvalue weighted by Crippen LogP contribution is 2.32. The summed E-state index contributed by atoms with van der Waals surface area (Å²) in [5.74, 6) is -0.961. The van der Waals surface area contributed by atoms with Gasteiger partial charge in [0.1, 0.15) is 6.04 Å². The second-order valence-electron chi connectivity index (χ2n) is 9.17. The average Bonchev–Trinajstić information content (AvgIpc) is 3.17. The summed E-state index contributed by atoms with van der Waals surface area (Å²) in [5.41, 5.74) is 3.21. The Balaban J connectivity index is 1.57. The van der Waals surface area contributed by atoms with Gasteiger partial charge in [0.2, 0.25) is 15.9 Å². The van der Waals surface area contributed by atoms with Crippen LogP contribution in [0.3, 0.4) is 0 Å². The molecule has 1 saturated heterocycles. The second kappa shape index (κ2) is 9.33. The molecule has 0 N–H and O–H groups in total. The molecule has 1 aliphatic rings. The maximum atomic E-state index is 14.0. The zero-order valence-electron chi connectivity index (χ0n) is 20.1. The maximum absolute atomic E-state index is 14.0. The molecule has 1 aliphatic heterocycles. The zero-order valence-corrected chi connectivity index (χ0v) is 20.9. The van der Waals surface area contributed by atoms with Gasteiger partial charge in [-0.25, -0.2) is 13.3 Å². The molecule has 1 heterocycles. The number of anilines is 1. The Kier molecular flexibility index (Phi) is 6.20. The van der Waals surface area contributed by atoms with E-state index in [4.69, 9.17) is 0 Å². The smallest absolute Gasteiger partial charge is 0.252 e. The summed E-state index contributed by atoms with van der Waals surface area (Å²) >= 11 is 0. The van der Waals surface area contributed by atoms with Gasteiger partial charge in [0.05, 0.1) is 17.0 Å². The fraction of sp³-hybridized carbons (Fsp3) is 0.172. The average molecular weight is 499 g/mol. The van der Waals surface area contributed by atoms with E-state index in [1.807, 2.05) is 74.5 Å². The summed E-state index contributed by atoms with van der Waals surface area (Å²) < 4.78 is 29.2. The molecule has 4 aromatic carbocycles. The van der Waals surface area contributed by atoms with Crippen molar-refractivity contribution in [2.75, 3.05) is 4.90 Å². The first-order chi connectivity index (χ1) is 17.2. The highest BCUT2D eigenvalue weighted by Gasteiger charge is 2.47. The highest BCUT2D eigenvalue weighted by molar-refractivity contribution is 7.89. The number of carbonyl (C=O) groups excluding carboxylic acids is 2. The number of amides is 2. The van der Waals surface area contributed by atoms with Gasteiger partial charge in [-0.3, -0.25) is 9.59 Å². The molecule has 0 radical (unpaired) electrons. The Bertz CT molecular complexity index is 1560. The van der Waals surface area contributed by atoms with Gasteiger partial charge in [-0.2, -0.15) is 4.31 Å². The highest BCUT2D eigenvalue weighted by atomic mass is 32.2. The third-order valence-corrected chi connectivity index (χ3v) is 8.40. The lowest BCUT2D eigenvalue weighted by Crippen LogP contribution is -2.45. The minimum atomic E-state index is -4.12. The number of imide groups is 1. The lowest BCUT2D eigenvalue weighted by atomic mass is 10.1. The minimum Gasteiger partial charge on any atom is -0.274 e. The van der Waals surface area contributed by atoms with Crippen LogP contribution < -0.4 is 4.90 Å². The molecule has 1 atom stereocenters. The molecule has 0 aromatic heterocycles. The van der Waals surface area contributed by atoms with E-state index < -0.39 is 27.9 Å². The van der Waals surface area contributed by atoms with Crippen LogP contribution >= 0.6 is 0 Å². The first-order valence-corrected chi connectivity index (χ1v) is 13.2. The van der Waals surface area contributed by atoms with Crippen molar-refractivity contribution >= 4 is 38.3 Å². The van der Waals surface area contributed by atoms with Crippen LogP contribution in [0.25, 0.3) is 10.8 Å². The molecule has 1 unspecified atom stereocenters. The Morgan fingerprint density at radius 2 is 1.42 bits per heavy atom. The quantitative estimate of drug-likeness (QED) is 0.352. The first-order valence-electron chi connectivity index (χ1n) is 11.7. The van der Waals surface area contributed by atoms with Crippen LogP contribution in [0.1, 0.15) is 23.1 Å². The van der Waals surface area contributed by atoms with E-state index in [0.717, 1.165) is 32.4 Å². The number of carbonyl (C=O) groups is 2. The predicted molar refractivity (Wildman–Crippen MR) is 140 cm³/mol. The van der Waals surface area contributed by atoms with Crippen LogP contribution in [0.4, 0.5) is 5.69 Å². The fourth-order valence-electron chi connectivity index (χ4n) is 4.51. The van der Waals surface area contributed by atoms with Crippen molar-refractivity contribution in [2.45, 2.75) is 37.8 Å². The largest absolute Gasteiger partial charge is 0.274 e. The summed E-state index contributed by atoms with van der Waals surface area (Å²) in [6, 6.07) is 25.8. The standard InChI is InChI=1S/C29H26N2O4S/c1-20-7-11-22(12-8-20)19-30(36(34,35)26-16-13-23-5-3-4-6-24(23)17-26)27-18-28(32)31(29(27)33)25-14-9-21(2)10-15-25/h3-17,27H,18-19H2,1-2H3. The number of benzene rings is 4. The van der Waals surface area contributed by atoms with Crippen molar-refractivity contribution in [1.29, 1.82) is 0 Å². The predicted octanol–water partition coefficient (Wildman–Crippen LogP) is 4.98. The molecule has 1 fully saturated rings. The Hall–Kier alpha value is -3.81. The SMILES string of the molecule is Cc1ccc(CN(C2CC(=O)N(c3ccc(C)cc3)C2=O)S(=O)(=O)c2ccc3ccccc3c2)cc1. The van der Waals surface area contributed by atoms with Crippen LogP contribution in [-0.4, -0.2) is 30.6 Å². The molecule has 5 rings (SSSR count). The Morgan fingerprint density at radius 1 is 0.806 bits per heavy atom. The van der Waals surface area contributed by atoms with Gasteiger partial charge < -0.3 is 0 Å². The van der Waals surface area contributed by atoms with Gasteiger partial charge >= 0.3 is 0 Å². The van der Waals surface area contributed by atoms with Crippen molar-refractivity contribution in [3.8, 4) is 0 Å². The maximum Gasteiger partial charge on any atom is 0.252 e. The van der Waals surface area contributed by atoms with Crippen molar-refractivity contribution in [1.82, 2.24) is 4.31 Å². The zero-order chi connectivity index (χ0) is 25.4. The van der Waals surface area contributed by atoms with E-state index in [1.165, 1.54) is 4.31 Å². The van der Waals surface area contributed by atoms with Crippen LogP contribution in [0.2, 0.25) is 0 Å². The molecule has 0 saturated carbocycles. The van der Waals surface area contributed by atoms with Crippen LogP contribution in [0.5, 0.6) is 0 Å². The van der Waals surface area contributed by atoms with E-state index in [9.17, 15) is 18.0 Å². The van der Waals surface area contributed by atoms with Gasteiger partial charge in [-0.05, 0) is 54.4 Å². The summed E-state index contributed by atoms with van der Waals surface area (Å²) in [5, 5.41) is 1.70. The molecule has 182 valence electrons. The summed E-state index contributed by atoms with van der Waals surface area (Å²) in [6.45, 7) is 3.84. The molecule has 0 spiro atoms. The van der Waals surface area contributed by atoms with E-state index in [1.54, 1.807) is 30.3 Å². The third kappa shape index (κ3) is 4.43. The number of rotatable bonds is 6. The normalized spacial score (nSPS) is 16.3. The molecule has 2 amide bonds. The topological polar surface area (TPSA) is 74.8 Å². The van der Waals surface area contributed by atoms with Crippen LogP contribution in [-0.2, 0) is 26.2 Å². The summed E-state index contributed by atoms with van der Waals surface area (Å²) in [7, 11) is -4.12. The number of hydrogen-bond donors (Lipinski definition) is 0. The number of fused-ring (bicyclic) bond motifs is 1. The van der Waals surface area contributed by atoms with Gasteiger partial charge in [0.15, 0.2) is 0 Å². The minimum absolute atomic E-state index is 0.0269. The van der Waals surface area contributed by atoms with Crippen molar-refractivity contribution in [2.24, 2.45) is 0 Å². The summed E-state index contributed by atoms with van der Waals surface area (Å²) in [6.07, 6.45) is -0.217. The van der Waals surface area contributed by atoms with E-state index >= 15 is 0 Å². The van der Waals surface area contributed by atoms with Crippen molar-refractivity contribution in [3.63, 3.8) is 0 Å². The van der Waals surface area contributed by atoms with Crippen molar-refractivity contribution in [3.05, 3.63) is 108 Å². The third-order valence-electron chi connectivity index (χ3n) is 6.55. The number of hydrogen-bond acceptors (Lipinski definition) is 4. The van der Waals surface area contributed by atoms with Gasteiger partial charge in [-0.15, -0.1) is 0 Å². The summed E-state index contributed by atoms with van der Waals surface area (Å²) in [4.78, 5) is 27.8. The molecular weight excluding hydrogens is 472 g/mol. The lowest BCUT2D eigenvalue weighted by molar-refractivity contribution is -0.122. The van der Waals surface area contributed by atoms with Gasteiger partial charge in [-0.1, -0.05) is 77.9 Å². The first kappa shape index (κ1) is 23.9. The molecule has 4 aromatic rings. The van der Waals surface area contributed by atoms with Crippen molar-refractivity contribution < 1.29 is 18.0 Å². The second-order valence-corrected chi connectivity index (χ2v) is 11.1. The molecule has 36 heavy (non-hydrogen) atoms. The molecule has 0 bridgehead atoms. The number of aryl methyl sites for hydroxylation is 2.